The first-order valence-electron chi connectivity index (χ1n) is 8.00. The lowest BCUT2D eigenvalue weighted by atomic mass is 9.86. The summed E-state index contributed by atoms with van der Waals surface area (Å²) in [5.41, 5.74) is 7.59. The molecule has 0 aliphatic heterocycles. The fourth-order valence-corrected chi connectivity index (χ4v) is 3.01. The van der Waals surface area contributed by atoms with Gasteiger partial charge in [-0.3, -0.25) is 0 Å². The Morgan fingerprint density at radius 3 is 1.88 bits per heavy atom. The van der Waals surface area contributed by atoms with E-state index in [4.69, 9.17) is 0 Å². The van der Waals surface area contributed by atoms with Crippen LogP contribution in [0.3, 0.4) is 0 Å². The van der Waals surface area contributed by atoms with Crippen molar-refractivity contribution in [2.45, 2.75) is 0 Å². The van der Waals surface area contributed by atoms with Gasteiger partial charge in [-0.05, 0) is 46.0 Å². The van der Waals surface area contributed by atoms with Gasteiger partial charge in [0.25, 0.3) is 0 Å². The molecule has 3 aromatic rings. The van der Waals surface area contributed by atoms with Crippen molar-refractivity contribution < 1.29 is 0 Å². The Balaban J connectivity index is 2.01. The summed E-state index contributed by atoms with van der Waals surface area (Å²) < 4.78 is 0. The molecule has 0 aromatic heterocycles. The normalized spacial score (nSPS) is 14.0. The van der Waals surface area contributed by atoms with Crippen LogP contribution in [0, 0.1) is 11.8 Å². The topological polar surface area (TPSA) is 0 Å². The van der Waals surface area contributed by atoms with Crippen molar-refractivity contribution in [3.05, 3.63) is 113 Å². The first-order valence-corrected chi connectivity index (χ1v) is 8.00. The summed E-state index contributed by atoms with van der Waals surface area (Å²) in [6.45, 7) is 4.40. The molecule has 3 aromatic carbocycles. The molecule has 0 fully saturated rings. The number of hydrogen-bond acceptors (Lipinski definition) is 0. The minimum absolute atomic E-state index is 1.01. The van der Waals surface area contributed by atoms with E-state index in [9.17, 15) is 0 Å². The minimum Gasteiger partial charge on any atom is -0.0905 e. The molecule has 0 saturated carbocycles. The van der Waals surface area contributed by atoms with E-state index in [1.165, 1.54) is 0 Å². The number of fused-ring (bicyclic) bond motifs is 2. The Kier molecular flexibility index (Phi) is 3.61. The predicted molar refractivity (Wildman–Crippen MR) is 102 cm³/mol. The van der Waals surface area contributed by atoms with Crippen LogP contribution in [0.1, 0.15) is 27.8 Å². The van der Waals surface area contributed by atoms with Crippen molar-refractivity contribution in [1.82, 2.24) is 0 Å². The lowest BCUT2D eigenvalue weighted by Crippen LogP contribution is -1.98. The number of rotatable bonds is 1. The number of benzene rings is 3. The van der Waals surface area contributed by atoms with Gasteiger partial charge in [-0.2, -0.15) is 0 Å². The number of allylic oxidation sites excluding steroid dienone is 2. The maximum Gasteiger partial charge on any atom is 0.0327 e. The Hall–Kier alpha value is -3.30. The zero-order valence-corrected chi connectivity index (χ0v) is 13.3. The highest BCUT2D eigenvalue weighted by Gasteiger charge is 2.15. The molecule has 112 valence electrons. The monoisotopic (exact) mass is 304 g/mol. The molecular weight excluding hydrogens is 288 g/mol. The Morgan fingerprint density at radius 1 is 0.625 bits per heavy atom. The van der Waals surface area contributed by atoms with Crippen LogP contribution >= 0.6 is 0 Å². The quantitative estimate of drug-likeness (QED) is 0.509. The van der Waals surface area contributed by atoms with Crippen LogP contribution in [-0.4, -0.2) is 0 Å². The molecule has 0 heteroatoms. The van der Waals surface area contributed by atoms with Crippen molar-refractivity contribution in [3.63, 3.8) is 0 Å². The first kappa shape index (κ1) is 14.3. The fourth-order valence-electron chi connectivity index (χ4n) is 3.01. The zero-order valence-electron chi connectivity index (χ0n) is 13.3. The molecular formula is C24H16. The van der Waals surface area contributed by atoms with E-state index < -0.39 is 0 Å². The lowest BCUT2D eigenvalue weighted by Gasteiger charge is -2.17. The molecule has 0 heterocycles. The lowest BCUT2D eigenvalue weighted by molar-refractivity contribution is 1.52. The maximum absolute atomic E-state index is 4.40. The second kappa shape index (κ2) is 6.07. The molecule has 0 radical (unpaired) electrons. The molecule has 4 rings (SSSR count). The summed E-state index contributed by atoms with van der Waals surface area (Å²) in [5.74, 6) is 6.62. The van der Waals surface area contributed by atoms with Gasteiger partial charge in [-0.25, -0.2) is 0 Å². The molecule has 0 unspecified atom stereocenters. The highest BCUT2D eigenvalue weighted by Crippen LogP contribution is 2.35. The molecule has 0 nitrogen and oxygen atoms in total. The highest BCUT2D eigenvalue weighted by atomic mass is 14.2. The standard InChI is InChI=1S/C24H16/c1-18-22-13-7-5-11-20(22)15-16-21-12-6-8-14-23(21)24(18)17-19-9-3-2-4-10-19/h2-14,17H,1H2/b24-17+. The van der Waals surface area contributed by atoms with Crippen LogP contribution < -0.4 is 0 Å². The third-order valence-electron chi connectivity index (χ3n) is 4.24. The minimum atomic E-state index is 1.01. The smallest absolute Gasteiger partial charge is 0.0327 e. The average molecular weight is 304 g/mol. The van der Waals surface area contributed by atoms with Gasteiger partial charge in [0.05, 0.1) is 0 Å². The van der Waals surface area contributed by atoms with Crippen LogP contribution in [0.5, 0.6) is 0 Å². The van der Waals surface area contributed by atoms with Gasteiger partial charge in [0.2, 0.25) is 0 Å². The van der Waals surface area contributed by atoms with Crippen molar-refractivity contribution in [1.29, 1.82) is 0 Å². The molecule has 0 atom stereocenters. The van der Waals surface area contributed by atoms with Crippen molar-refractivity contribution >= 4 is 17.2 Å². The van der Waals surface area contributed by atoms with Crippen LogP contribution in [0.25, 0.3) is 17.2 Å². The van der Waals surface area contributed by atoms with E-state index >= 15 is 0 Å². The summed E-state index contributed by atoms with van der Waals surface area (Å²) in [6, 6.07) is 26.9. The van der Waals surface area contributed by atoms with Gasteiger partial charge in [0.1, 0.15) is 0 Å². The molecule has 24 heavy (non-hydrogen) atoms. The molecule has 1 aliphatic rings. The molecule has 0 saturated heterocycles. The summed E-state index contributed by atoms with van der Waals surface area (Å²) in [7, 11) is 0. The van der Waals surface area contributed by atoms with E-state index in [0.717, 1.165) is 39.0 Å². The molecule has 0 amide bonds. The Bertz CT molecular complexity index is 1010. The maximum atomic E-state index is 4.40. The Morgan fingerprint density at radius 2 is 1.17 bits per heavy atom. The summed E-state index contributed by atoms with van der Waals surface area (Å²) in [5, 5.41) is 0. The highest BCUT2D eigenvalue weighted by molar-refractivity contribution is 6.12. The zero-order chi connectivity index (χ0) is 16.4. The predicted octanol–water partition coefficient (Wildman–Crippen LogP) is 5.65. The molecule has 0 bridgehead atoms. The van der Waals surface area contributed by atoms with Crippen LogP contribution in [0.15, 0.2) is 85.4 Å². The van der Waals surface area contributed by atoms with Crippen molar-refractivity contribution in [2.24, 2.45) is 0 Å². The van der Waals surface area contributed by atoms with Gasteiger partial charge in [0.15, 0.2) is 0 Å². The van der Waals surface area contributed by atoms with Crippen LogP contribution in [-0.2, 0) is 0 Å². The van der Waals surface area contributed by atoms with Gasteiger partial charge >= 0.3 is 0 Å². The van der Waals surface area contributed by atoms with E-state index in [2.05, 4.69) is 79.1 Å². The van der Waals surface area contributed by atoms with Gasteiger partial charge in [-0.15, -0.1) is 0 Å². The van der Waals surface area contributed by atoms with Crippen molar-refractivity contribution in [3.8, 4) is 11.8 Å². The SMILES string of the molecule is C=C1/C(=C\c2ccccc2)c2ccccc2C#Cc2ccccc21. The molecule has 0 N–H and O–H groups in total. The first-order chi connectivity index (χ1) is 11.8. The molecule has 1 aliphatic carbocycles. The second-order valence-electron chi connectivity index (χ2n) is 5.79. The van der Waals surface area contributed by atoms with Gasteiger partial charge in [0, 0.05) is 11.1 Å². The van der Waals surface area contributed by atoms with Crippen molar-refractivity contribution in [2.75, 3.05) is 0 Å². The van der Waals surface area contributed by atoms with E-state index in [-0.39, 0.29) is 0 Å². The van der Waals surface area contributed by atoms with E-state index in [1.807, 2.05) is 24.3 Å². The third kappa shape index (κ3) is 2.57. The van der Waals surface area contributed by atoms with Crippen LogP contribution in [0.4, 0.5) is 0 Å². The van der Waals surface area contributed by atoms with Gasteiger partial charge in [-0.1, -0.05) is 85.1 Å². The van der Waals surface area contributed by atoms with Gasteiger partial charge < -0.3 is 0 Å². The van der Waals surface area contributed by atoms with Crippen LogP contribution in [0.2, 0.25) is 0 Å². The van der Waals surface area contributed by atoms with E-state index in [0.29, 0.717) is 0 Å². The largest absolute Gasteiger partial charge is 0.0905 e. The summed E-state index contributed by atoms with van der Waals surface area (Å²) >= 11 is 0. The average Bonchev–Trinajstić information content (AvgIpc) is 2.64. The Labute approximate surface area is 142 Å². The number of hydrogen-bond donors (Lipinski definition) is 0. The fraction of sp³-hybridized carbons (Fsp3) is 0. The molecule has 0 spiro atoms. The second-order valence-corrected chi connectivity index (χ2v) is 5.79. The van der Waals surface area contributed by atoms with E-state index in [1.54, 1.807) is 0 Å². The summed E-state index contributed by atoms with van der Waals surface area (Å²) in [6.07, 6.45) is 2.20. The summed E-state index contributed by atoms with van der Waals surface area (Å²) in [4.78, 5) is 0. The third-order valence-corrected chi connectivity index (χ3v) is 4.24.